The van der Waals surface area contributed by atoms with Gasteiger partial charge in [-0.2, -0.15) is 0 Å². The van der Waals surface area contributed by atoms with Crippen LogP contribution in [0.4, 0.5) is 5.69 Å². The molecule has 0 bridgehead atoms. The van der Waals surface area contributed by atoms with Crippen LogP contribution in [0.1, 0.15) is 17.3 Å². The number of nitrogens with two attached hydrogens (primary N) is 1. The van der Waals surface area contributed by atoms with Gasteiger partial charge in [-0.15, -0.1) is 0 Å². The third-order valence-corrected chi connectivity index (χ3v) is 3.43. The summed E-state index contributed by atoms with van der Waals surface area (Å²) in [5.74, 6) is 0.311. The number of hydrogen-bond acceptors (Lipinski definition) is 5. The smallest absolute Gasteiger partial charge is 0.258 e. The van der Waals surface area contributed by atoms with Gasteiger partial charge in [0, 0.05) is 18.3 Å². The van der Waals surface area contributed by atoms with Gasteiger partial charge in [0.1, 0.15) is 5.75 Å². The number of nitrogens with zero attached hydrogens (tertiary/aromatic N) is 1. The van der Waals surface area contributed by atoms with Gasteiger partial charge >= 0.3 is 0 Å². The van der Waals surface area contributed by atoms with Crippen LogP contribution in [0.5, 0.6) is 5.75 Å². The molecule has 20 heavy (non-hydrogen) atoms. The Labute approximate surface area is 118 Å². The van der Waals surface area contributed by atoms with Crippen molar-refractivity contribution < 1.29 is 19.4 Å². The summed E-state index contributed by atoms with van der Waals surface area (Å²) >= 11 is 0. The van der Waals surface area contributed by atoms with Gasteiger partial charge in [0.05, 0.1) is 38.0 Å². The van der Waals surface area contributed by atoms with Crippen molar-refractivity contribution in [2.75, 3.05) is 32.6 Å². The van der Waals surface area contributed by atoms with Gasteiger partial charge in [0.15, 0.2) is 0 Å². The van der Waals surface area contributed by atoms with E-state index < -0.39 is 0 Å². The molecule has 1 heterocycles. The molecule has 1 aliphatic rings. The molecule has 6 heteroatoms. The molecule has 6 nitrogen and oxygen atoms in total. The number of aliphatic hydroxyl groups excluding tert-OH is 1. The van der Waals surface area contributed by atoms with Crippen LogP contribution in [-0.2, 0) is 4.74 Å². The Morgan fingerprint density at radius 3 is 3.00 bits per heavy atom. The van der Waals surface area contributed by atoms with Crippen LogP contribution in [-0.4, -0.2) is 54.9 Å². The molecular formula is C14H20N2O4. The maximum Gasteiger partial charge on any atom is 0.258 e. The van der Waals surface area contributed by atoms with Crippen molar-refractivity contribution in [2.45, 2.75) is 19.1 Å². The molecule has 0 spiro atoms. The Bertz CT molecular complexity index is 492. The average Bonchev–Trinajstić information content (AvgIpc) is 2.47. The summed E-state index contributed by atoms with van der Waals surface area (Å²) in [5, 5.41) is 9.18. The first-order valence-electron chi connectivity index (χ1n) is 6.53. The van der Waals surface area contributed by atoms with Gasteiger partial charge in [-0.25, -0.2) is 0 Å². The SMILES string of the molecule is COc1cc(N)ccc1C(=O)N1CC(CO)OCC1C. The zero-order chi connectivity index (χ0) is 14.7. The zero-order valence-electron chi connectivity index (χ0n) is 11.7. The molecule has 0 aromatic heterocycles. The van der Waals surface area contributed by atoms with Crippen LogP contribution in [0, 0.1) is 0 Å². The lowest BCUT2D eigenvalue weighted by molar-refractivity contribution is -0.0667. The number of methoxy groups -OCH3 is 1. The predicted octanol–water partition coefficient (Wildman–Crippen LogP) is 0.499. The molecule has 1 aromatic rings. The molecule has 1 aliphatic heterocycles. The number of benzene rings is 1. The third kappa shape index (κ3) is 2.86. The summed E-state index contributed by atoms with van der Waals surface area (Å²) in [6, 6.07) is 4.91. The summed E-state index contributed by atoms with van der Waals surface area (Å²) in [5.41, 5.74) is 6.70. The number of hydrogen-bond donors (Lipinski definition) is 2. The van der Waals surface area contributed by atoms with Crippen LogP contribution in [0.2, 0.25) is 0 Å². The van der Waals surface area contributed by atoms with E-state index in [0.717, 1.165) is 0 Å². The van der Waals surface area contributed by atoms with E-state index in [1.807, 2.05) is 6.92 Å². The first-order chi connectivity index (χ1) is 9.56. The molecule has 1 aromatic carbocycles. The van der Waals surface area contributed by atoms with Gasteiger partial charge in [0.2, 0.25) is 0 Å². The molecule has 0 aliphatic carbocycles. The Morgan fingerprint density at radius 1 is 1.60 bits per heavy atom. The lowest BCUT2D eigenvalue weighted by Crippen LogP contribution is -2.52. The minimum Gasteiger partial charge on any atom is -0.496 e. The minimum absolute atomic E-state index is 0.0486. The second kappa shape index (κ2) is 6.11. The van der Waals surface area contributed by atoms with Crippen LogP contribution in [0.3, 0.4) is 0 Å². The Balaban J connectivity index is 2.25. The van der Waals surface area contributed by atoms with Crippen LogP contribution in [0.15, 0.2) is 18.2 Å². The van der Waals surface area contributed by atoms with E-state index in [2.05, 4.69) is 0 Å². The van der Waals surface area contributed by atoms with Crippen molar-refractivity contribution in [1.29, 1.82) is 0 Å². The Hall–Kier alpha value is -1.79. The predicted molar refractivity (Wildman–Crippen MR) is 74.7 cm³/mol. The van der Waals surface area contributed by atoms with E-state index in [1.165, 1.54) is 7.11 Å². The number of aliphatic hydroxyl groups is 1. The van der Waals surface area contributed by atoms with Gasteiger partial charge < -0.3 is 25.2 Å². The second-order valence-electron chi connectivity index (χ2n) is 4.90. The molecule has 0 saturated carbocycles. The van der Waals surface area contributed by atoms with Crippen molar-refractivity contribution in [2.24, 2.45) is 0 Å². The van der Waals surface area contributed by atoms with E-state index in [9.17, 15) is 9.90 Å². The minimum atomic E-state index is -0.338. The fourth-order valence-corrected chi connectivity index (χ4v) is 2.25. The summed E-state index contributed by atoms with van der Waals surface area (Å²) < 4.78 is 10.7. The molecule has 1 amide bonds. The summed E-state index contributed by atoms with van der Waals surface area (Å²) in [6.07, 6.45) is -0.338. The van der Waals surface area contributed by atoms with Crippen molar-refractivity contribution in [3.05, 3.63) is 23.8 Å². The van der Waals surface area contributed by atoms with Crippen molar-refractivity contribution >= 4 is 11.6 Å². The highest BCUT2D eigenvalue weighted by Crippen LogP contribution is 2.25. The van der Waals surface area contributed by atoms with Crippen LogP contribution < -0.4 is 10.5 Å². The zero-order valence-corrected chi connectivity index (χ0v) is 11.7. The topological polar surface area (TPSA) is 85.0 Å². The monoisotopic (exact) mass is 280 g/mol. The summed E-state index contributed by atoms with van der Waals surface area (Å²) in [7, 11) is 1.50. The number of rotatable bonds is 3. The molecule has 2 rings (SSSR count). The molecule has 0 radical (unpaired) electrons. The average molecular weight is 280 g/mol. The quantitative estimate of drug-likeness (QED) is 0.788. The molecule has 2 unspecified atom stereocenters. The molecule has 1 saturated heterocycles. The number of ether oxygens (including phenoxy) is 2. The largest absolute Gasteiger partial charge is 0.496 e. The standard InChI is InChI=1S/C14H20N2O4/c1-9-8-20-11(7-17)6-16(9)14(18)12-4-3-10(15)5-13(12)19-2/h3-5,9,11,17H,6-8,15H2,1-2H3. The number of anilines is 1. The number of carbonyl (C=O) groups excluding carboxylic acids is 1. The number of carbonyl (C=O) groups is 1. The maximum atomic E-state index is 12.6. The first-order valence-corrected chi connectivity index (χ1v) is 6.53. The molecule has 2 atom stereocenters. The highest BCUT2D eigenvalue weighted by molar-refractivity contribution is 5.97. The highest BCUT2D eigenvalue weighted by atomic mass is 16.5. The van der Waals surface area contributed by atoms with Crippen molar-refractivity contribution in [3.8, 4) is 5.75 Å². The van der Waals surface area contributed by atoms with Gasteiger partial charge in [-0.3, -0.25) is 4.79 Å². The molecule has 1 fully saturated rings. The molecule has 3 N–H and O–H groups in total. The van der Waals surface area contributed by atoms with Gasteiger partial charge in [-0.05, 0) is 19.1 Å². The highest BCUT2D eigenvalue weighted by Gasteiger charge is 2.31. The number of amides is 1. The molecule has 110 valence electrons. The fourth-order valence-electron chi connectivity index (χ4n) is 2.25. The van der Waals surface area contributed by atoms with Crippen molar-refractivity contribution in [1.82, 2.24) is 4.90 Å². The van der Waals surface area contributed by atoms with Crippen LogP contribution in [0.25, 0.3) is 0 Å². The Morgan fingerprint density at radius 2 is 2.35 bits per heavy atom. The lowest BCUT2D eigenvalue weighted by Gasteiger charge is -2.37. The fraction of sp³-hybridized carbons (Fsp3) is 0.500. The number of morpholine rings is 1. The first kappa shape index (κ1) is 14.6. The summed E-state index contributed by atoms with van der Waals surface area (Å²) in [4.78, 5) is 14.3. The summed E-state index contributed by atoms with van der Waals surface area (Å²) in [6.45, 7) is 2.59. The van der Waals surface area contributed by atoms with E-state index in [1.54, 1.807) is 23.1 Å². The maximum absolute atomic E-state index is 12.6. The van der Waals surface area contributed by atoms with E-state index in [4.69, 9.17) is 15.2 Å². The van der Waals surface area contributed by atoms with Crippen molar-refractivity contribution in [3.63, 3.8) is 0 Å². The second-order valence-corrected chi connectivity index (χ2v) is 4.90. The van der Waals surface area contributed by atoms with Crippen LogP contribution >= 0.6 is 0 Å². The van der Waals surface area contributed by atoms with Gasteiger partial charge in [0.25, 0.3) is 5.91 Å². The van der Waals surface area contributed by atoms with E-state index in [0.29, 0.717) is 30.2 Å². The van der Waals surface area contributed by atoms with E-state index in [-0.39, 0.29) is 24.7 Å². The normalized spacial score (nSPS) is 22.6. The van der Waals surface area contributed by atoms with Gasteiger partial charge in [-0.1, -0.05) is 0 Å². The number of nitrogen functional groups attached to an aromatic ring is 1. The van der Waals surface area contributed by atoms with E-state index >= 15 is 0 Å². The Kier molecular flexibility index (Phi) is 4.46. The lowest BCUT2D eigenvalue weighted by atomic mass is 10.1. The molecular weight excluding hydrogens is 260 g/mol. The third-order valence-electron chi connectivity index (χ3n) is 3.43.